The van der Waals surface area contributed by atoms with Gasteiger partial charge in [-0.1, -0.05) is 214 Å². The maximum Gasteiger partial charge on any atom is 0.335 e. The summed E-state index contributed by atoms with van der Waals surface area (Å²) in [7, 11) is 0. The minimum atomic E-state index is -1.92. The Labute approximate surface area is 479 Å². The minimum absolute atomic E-state index is 0.00226. The van der Waals surface area contributed by atoms with Gasteiger partial charge in [-0.3, -0.25) is 14.4 Å². The quantitative estimate of drug-likeness (QED) is 0.0228. The monoisotopic (exact) mass is 1110 g/mol. The molecule has 79 heavy (non-hydrogen) atoms. The number of aliphatic hydroxyl groups is 2. The maximum atomic E-state index is 13.2. The van der Waals surface area contributed by atoms with Gasteiger partial charge in [0.25, 0.3) is 0 Å². The Morgan fingerprint density at radius 2 is 0.797 bits per heavy atom. The summed E-state index contributed by atoms with van der Waals surface area (Å²) in [6.45, 7) is 5.74. The Bertz CT molecular complexity index is 1740. The first kappa shape index (κ1) is 72.7. The third-order valence-electron chi connectivity index (χ3n) is 13.6. The molecule has 1 rings (SSSR count). The van der Waals surface area contributed by atoms with Crippen LogP contribution in [0.1, 0.15) is 252 Å². The number of ether oxygens (including phenoxy) is 5. The zero-order valence-corrected chi connectivity index (χ0v) is 49.6. The molecular weight excluding hydrogens is 997 g/mol. The van der Waals surface area contributed by atoms with Crippen LogP contribution in [0.25, 0.3) is 0 Å². The van der Waals surface area contributed by atoms with Gasteiger partial charge in [0.15, 0.2) is 24.6 Å². The summed E-state index contributed by atoms with van der Waals surface area (Å²) in [4.78, 5) is 51.2. The largest absolute Gasteiger partial charge is 0.479 e. The Hall–Kier alpha value is -4.36. The van der Waals surface area contributed by atoms with E-state index in [2.05, 4.69) is 118 Å². The standard InChI is InChI=1S/C67H110O12/c1-4-7-10-13-16-19-22-25-28-29-30-31-34-35-38-41-44-47-50-53-59(68)75-56-58(77-60(69)54-51-48-45-42-39-36-32-26-23-20-17-14-11-8-5-2)57-76-67-65(63(72)62(71)64(79-67)66(73)74)78-61(70)55-52-49-46-43-40-37-33-27-24-21-18-15-12-9-6-3/h8-9,11-12,17-18,20-21,25-28,32-33,40,43,58,62-65,67,71-72H,4-7,10,13-16,19,22-24,29-31,34-39,41-42,44-57H2,1-3H3,(H,73,74)/b11-8-,12-9-,20-17-,21-18-,28-25-,32-26-,33-27-,43-40-. The SMILES string of the molecule is CC/C=C\C/C=C\C/C=C\C/C=C\CCCCC(=O)OC1C(OCC(COC(=O)CCCCCCCCCCC/C=C\CCCCCCCC)OC(=O)CCCCCCC/C=C\C/C=C\C/C=C\CC)OC(C(=O)O)C(O)C1O. The summed E-state index contributed by atoms with van der Waals surface area (Å²) in [5.41, 5.74) is 0. The number of allylic oxidation sites excluding steroid dienone is 16. The van der Waals surface area contributed by atoms with E-state index >= 15 is 0 Å². The lowest BCUT2D eigenvalue weighted by atomic mass is 9.98. The van der Waals surface area contributed by atoms with E-state index in [1.807, 2.05) is 0 Å². The molecule has 12 nitrogen and oxygen atoms in total. The molecule has 1 heterocycles. The Balaban J connectivity index is 2.70. The molecule has 1 aliphatic heterocycles. The third-order valence-corrected chi connectivity index (χ3v) is 13.6. The van der Waals surface area contributed by atoms with Crippen molar-refractivity contribution in [3.8, 4) is 0 Å². The predicted octanol–water partition coefficient (Wildman–Crippen LogP) is 16.5. The molecule has 1 saturated heterocycles. The molecule has 0 aliphatic carbocycles. The van der Waals surface area contributed by atoms with Crippen LogP contribution >= 0.6 is 0 Å². The number of rotatable bonds is 52. The highest BCUT2D eigenvalue weighted by molar-refractivity contribution is 5.74. The van der Waals surface area contributed by atoms with Gasteiger partial charge < -0.3 is 39.0 Å². The molecule has 1 aliphatic rings. The second-order valence-corrected chi connectivity index (χ2v) is 20.9. The van der Waals surface area contributed by atoms with Crippen LogP contribution in [0.5, 0.6) is 0 Å². The summed E-state index contributed by atoms with van der Waals surface area (Å²) in [6.07, 6.45) is 59.5. The number of unbranched alkanes of at least 4 members (excludes halogenated alkanes) is 22. The van der Waals surface area contributed by atoms with Gasteiger partial charge in [0, 0.05) is 19.3 Å². The molecule has 0 aromatic heterocycles. The van der Waals surface area contributed by atoms with Crippen molar-refractivity contribution in [3.05, 3.63) is 97.2 Å². The van der Waals surface area contributed by atoms with Crippen LogP contribution in [-0.2, 0) is 42.9 Å². The molecular formula is C67H110O12. The second-order valence-electron chi connectivity index (χ2n) is 20.9. The topological polar surface area (TPSA) is 175 Å². The molecule has 0 saturated carbocycles. The summed E-state index contributed by atoms with van der Waals surface area (Å²) in [5.74, 6) is -3.20. The lowest BCUT2D eigenvalue weighted by Gasteiger charge is -2.40. The number of aliphatic carboxylic acids is 1. The average molecular weight is 1110 g/mol. The Kier molecular flexibility index (Phi) is 49.9. The molecule has 6 unspecified atom stereocenters. The molecule has 0 spiro atoms. The van der Waals surface area contributed by atoms with Crippen LogP contribution in [-0.4, -0.2) is 89.2 Å². The van der Waals surface area contributed by atoms with E-state index in [4.69, 9.17) is 23.7 Å². The Morgan fingerprint density at radius 1 is 0.430 bits per heavy atom. The fraction of sp³-hybridized carbons (Fsp3) is 0.701. The summed E-state index contributed by atoms with van der Waals surface area (Å²) in [6, 6.07) is 0. The van der Waals surface area contributed by atoms with Crippen LogP contribution in [0.2, 0.25) is 0 Å². The van der Waals surface area contributed by atoms with Crippen molar-refractivity contribution < 1.29 is 58.2 Å². The number of carboxylic acid groups (broad SMARTS) is 1. The molecule has 6 atom stereocenters. The van der Waals surface area contributed by atoms with E-state index in [0.29, 0.717) is 25.7 Å². The van der Waals surface area contributed by atoms with E-state index in [1.165, 1.54) is 83.5 Å². The van der Waals surface area contributed by atoms with Gasteiger partial charge in [0.05, 0.1) is 6.61 Å². The molecule has 0 bridgehead atoms. The Morgan fingerprint density at radius 3 is 1.25 bits per heavy atom. The second kappa shape index (κ2) is 54.2. The van der Waals surface area contributed by atoms with Crippen molar-refractivity contribution in [2.45, 2.75) is 289 Å². The molecule has 0 aromatic rings. The van der Waals surface area contributed by atoms with Crippen LogP contribution < -0.4 is 0 Å². The number of hydrogen-bond donors (Lipinski definition) is 3. The molecule has 0 aromatic carbocycles. The van der Waals surface area contributed by atoms with Gasteiger partial charge in [0.2, 0.25) is 0 Å². The number of carbonyl (C=O) groups is 4. The highest BCUT2D eigenvalue weighted by atomic mass is 16.7. The smallest absolute Gasteiger partial charge is 0.335 e. The van der Waals surface area contributed by atoms with Gasteiger partial charge in [-0.2, -0.15) is 0 Å². The van der Waals surface area contributed by atoms with Crippen LogP contribution in [0.4, 0.5) is 0 Å². The zero-order chi connectivity index (χ0) is 57.5. The van der Waals surface area contributed by atoms with E-state index < -0.39 is 67.3 Å². The average Bonchev–Trinajstić information content (AvgIpc) is 3.44. The van der Waals surface area contributed by atoms with Gasteiger partial charge in [0.1, 0.15) is 18.8 Å². The van der Waals surface area contributed by atoms with E-state index in [1.54, 1.807) is 0 Å². The van der Waals surface area contributed by atoms with Crippen LogP contribution in [0, 0.1) is 0 Å². The molecule has 0 amide bonds. The number of aliphatic hydroxyl groups excluding tert-OH is 2. The first-order valence-electron chi connectivity index (χ1n) is 31.2. The molecule has 1 fully saturated rings. The van der Waals surface area contributed by atoms with Gasteiger partial charge in [-0.25, -0.2) is 4.79 Å². The van der Waals surface area contributed by atoms with Crippen LogP contribution in [0.15, 0.2) is 97.2 Å². The van der Waals surface area contributed by atoms with Gasteiger partial charge in [-0.15, -0.1) is 0 Å². The lowest BCUT2D eigenvalue weighted by molar-refractivity contribution is -0.301. The normalized spacial score (nSPS) is 18.5. The summed E-state index contributed by atoms with van der Waals surface area (Å²) in [5, 5.41) is 31.5. The van der Waals surface area contributed by atoms with Crippen molar-refractivity contribution in [2.75, 3.05) is 13.2 Å². The molecule has 450 valence electrons. The third kappa shape index (κ3) is 44.0. The fourth-order valence-corrected chi connectivity index (χ4v) is 8.90. The molecule has 12 heteroatoms. The fourth-order valence-electron chi connectivity index (χ4n) is 8.90. The summed E-state index contributed by atoms with van der Waals surface area (Å²) < 4.78 is 28.4. The highest BCUT2D eigenvalue weighted by Crippen LogP contribution is 2.26. The first-order valence-corrected chi connectivity index (χ1v) is 31.2. The van der Waals surface area contributed by atoms with E-state index in [0.717, 1.165) is 103 Å². The maximum absolute atomic E-state index is 13.2. The summed E-state index contributed by atoms with van der Waals surface area (Å²) >= 11 is 0. The van der Waals surface area contributed by atoms with Crippen molar-refractivity contribution in [3.63, 3.8) is 0 Å². The number of carboxylic acids is 1. The van der Waals surface area contributed by atoms with Crippen molar-refractivity contribution >= 4 is 23.9 Å². The van der Waals surface area contributed by atoms with Crippen molar-refractivity contribution in [1.82, 2.24) is 0 Å². The van der Waals surface area contributed by atoms with E-state index in [-0.39, 0.29) is 25.9 Å². The number of esters is 3. The van der Waals surface area contributed by atoms with Crippen molar-refractivity contribution in [2.24, 2.45) is 0 Å². The zero-order valence-electron chi connectivity index (χ0n) is 49.6. The minimum Gasteiger partial charge on any atom is -0.479 e. The highest BCUT2D eigenvalue weighted by Gasteiger charge is 2.50. The van der Waals surface area contributed by atoms with E-state index in [9.17, 15) is 34.5 Å². The van der Waals surface area contributed by atoms with Crippen molar-refractivity contribution in [1.29, 1.82) is 0 Å². The van der Waals surface area contributed by atoms with Gasteiger partial charge >= 0.3 is 23.9 Å². The lowest BCUT2D eigenvalue weighted by Crippen LogP contribution is -2.61. The first-order chi connectivity index (χ1) is 38.6. The van der Waals surface area contributed by atoms with Crippen LogP contribution in [0.3, 0.4) is 0 Å². The predicted molar refractivity (Wildman–Crippen MR) is 321 cm³/mol. The van der Waals surface area contributed by atoms with Gasteiger partial charge in [-0.05, 0) is 116 Å². The molecule has 0 radical (unpaired) electrons. The number of hydrogen-bond acceptors (Lipinski definition) is 11. The number of carbonyl (C=O) groups excluding carboxylic acids is 3. The molecule has 3 N–H and O–H groups in total.